The van der Waals surface area contributed by atoms with E-state index in [-0.39, 0.29) is 34.7 Å². The van der Waals surface area contributed by atoms with Gasteiger partial charge < -0.3 is 31.2 Å². The molecule has 6 rings (SSSR count). The van der Waals surface area contributed by atoms with Gasteiger partial charge in [-0.05, 0) is 30.2 Å². The van der Waals surface area contributed by atoms with Gasteiger partial charge in [0.2, 0.25) is 5.91 Å². The first kappa shape index (κ1) is 26.5. The Morgan fingerprint density at radius 3 is 2.78 bits per heavy atom. The molecule has 0 aliphatic carbocycles. The summed E-state index contributed by atoms with van der Waals surface area (Å²) in [5.74, 6) is -2.19. The fourth-order valence-corrected chi connectivity index (χ4v) is 6.85. The number of oxime groups is 1. The Morgan fingerprint density at radius 1 is 1.27 bits per heavy atom. The average Bonchev–Trinajstić information content (AvgIpc) is 3.66. The molecule has 16 heteroatoms. The van der Waals surface area contributed by atoms with E-state index in [0.717, 1.165) is 27.3 Å². The van der Waals surface area contributed by atoms with Gasteiger partial charge in [-0.2, -0.15) is 0 Å². The van der Waals surface area contributed by atoms with Gasteiger partial charge in [0.1, 0.15) is 28.6 Å². The Bertz CT molecular complexity index is 1680. The number of hydrogen-bond acceptors (Lipinski definition) is 11. The monoisotopic (exact) mass is 594 g/mol. The number of carboxylic acids is 1. The summed E-state index contributed by atoms with van der Waals surface area (Å²) in [6.45, 7) is 0.731. The van der Waals surface area contributed by atoms with E-state index in [1.165, 1.54) is 17.1 Å². The van der Waals surface area contributed by atoms with Gasteiger partial charge in [-0.1, -0.05) is 17.3 Å². The van der Waals surface area contributed by atoms with E-state index in [1.807, 2.05) is 24.3 Å². The van der Waals surface area contributed by atoms with Gasteiger partial charge in [0.25, 0.3) is 11.8 Å². The normalized spacial score (nSPS) is 22.0. The number of hydrogen-bond donors (Lipinski definition) is 5. The van der Waals surface area contributed by atoms with Crippen molar-refractivity contribution in [3.05, 3.63) is 64.1 Å². The number of thioether (sulfide) groups is 1. The number of carboxylic acid groups (broad SMARTS) is 1. The van der Waals surface area contributed by atoms with Crippen LogP contribution < -0.4 is 11.1 Å². The number of thiazole rings is 1. The van der Waals surface area contributed by atoms with Crippen LogP contribution >= 0.6 is 23.1 Å². The maximum atomic E-state index is 13.2. The Balaban J connectivity index is 1.17. The van der Waals surface area contributed by atoms with Gasteiger partial charge in [-0.25, -0.2) is 14.8 Å². The first-order valence-electron chi connectivity index (χ1n) is 12.3. The smallest absolute Gasteiger partial charge is 0.352 e. The highest BCUT2D eigenvalue weighted by atomic mass is 32.2. The van der Waals surface area contributed by atoms with Crippen LogP contribution in [0.1, 0.15) is 17.9 Å². The van der Waals surface area contributed by atoms with Crippen LogP contribution in [-0.2, 0) is 25.7 Å². The highest BCUT2D eigenvalue weighted by molar-refractivity contribution is 8.00. The van der Waals surface area contributed by atoms with Crippen molar-refractivity contribution in [2.24, 2.45) is 5.16 Å². The molecule has 2 aromatic heterocycles. The minimum Gasteiger partial charge on any atom is -0.477 e. The summed E-state index contributed by atoms with van der Waals surface area (Å²) >= 11 is 2.30. The van der Waals surface area contributed by atoms with E-state index >= 15 is 0 Å². The molecule has 0 unspecified atom stereocenters. The number of carbonyl (C=O) groups excluding carboxylic acids is 3. The first-order valence-corrected chi connectivity index (χ1v) is 14.3. The van der Waals surface area contributed by atoms with Crippen molar-refractivity contribution in [2.75, 3.05) is 18.0 Å². The number of H-pyrrole nitrogens is 1. The summed E-state index contributed by atoms with van der Waals surface area (Å²) in [6, 6.07) is 6.51. The molecule has 210 valence electrons. The summed E-state index contributed by atoms with van der Waals surface area (Å²) in [6.07, 6.45) is 1.97. The number of anilines is 1. The van der Waals surface area contributed by atoms with Gasteiger partial charge in [-0.3, -0.25) is 19.3 Å². The second-order valence-electron chi connectivity index (χ2n) is 9.41. The minimum atomic E-state index is -1.32. The number of allylic oxidation sites excluding steroid dienone is 1. The number of likely N-dealkylation sites (tertiary alicyclic amines) is 1. The number of carbonyl (C=O) groups is 4. The lowest BCUT2D eigenvalue weighted by Gasteiger charge is -2.49. The number of nitrogens with two attached hydrogens (primary N) is 1. The van der Waals surface area contributed by atoms with Crippen LogP contribution in [0.25, 0.3) is 11.0 Å². The molecule has 0 radical (unpaired) electrons. The maximum Gasteiger partial charge on any atom is 0.352 e. The van der Waals surface area contributed by atoms with Gasteiger partial charge in [0.15, 0.2) is 10.8 Å². The van der Waals surface area contributed by atoms with Gasteiger partial charge in [0.05, 0.1) is 17.6 Å². The molecule has 1 aromatic carbocycles. The molecule has 14 nitrogen and oxygen atoms in total. The molecule has 2 atom stereocenters. The lowest BCUT2D eigenvalue weighted by Crippen LogP contribution is -2.71. The van der Waals surface area contributed by atoms with Crippen molar-refractivity contribution in [1.82, 2.24) is 30.1 Å². The summed E-state index contributed by atoms with van der Waals surface area (Å²) in [5, 5.41) is 25.7. The van der Waals surface area contributed by atoms with Crippen LogP contribution in [0.15, 0.2) is 57.7 Å². The van der Waals surface area contributed by atoms with Crippen LogP contribution in [-0.4, -0.2) is 88.2 Å². The van der Waals surface area contributed by atoms with Crippen LogP contribution in [0.2, 0.25) is 0 Å². The molecule has 0 bridgehead atoms. The van der Waals surface area contributed by atoms with Crippen LogP contribution in [0.4, 0.5) is 5.13 Å². The summed E-state index contributed by atoms with van der Waals surface area (Å²) in [7, 11) is 0. The van der Waals surface area contributed by atoms with E-state index in [2.05, 4.69) is 25.4 Å². The molecular weight excluding hydrogens is 572 g/mol. The number of nitrogens with zero attached hydrogens (tertiary/aromatic N) is 5. The highest BCUT2D eigenvalue weighted by Crippen LogP contribution is 2.41. The second kappa shape index (κ2) is 10.4. The number of nitrogen functional groups attached to an aromatic ring is 1. The summed E-state index contributed by atoms with van der Waals surface area (Å²) < 4.78 is 0. The van der Waals surface area contributed by atoms with Crippen molar-refractivity contribution >= 4 is 68.7 Å². The molecule has 5 heterocycles. The number of amides is 3. The zero-order valence-corrected chi connectivity index (χ0v) is 22.7. The van der Waals surface area contributed by atoms with Crippen molar-refractivity contribution in [1.29, 1.82) is 0 Å². The first-order chi connectivity index (χ1) is 19.7. The fraction of sp³-hybridized carbons (Fsp3) is 0.240. The standard InChI is InChI=1S/C25H22N8O6S2/c26-25-29-15(10-41-25)17(31-39)20(34)30-18-22(36)33-19(24(37)38)12(9-40-23(18)33)7-11-5-6-32(21(11)35)8-16-27-13-3-1-2-4-14(13)28-16/h1-4,7,10,18,23,39H,5-6,8-9H2,(H2,26,29)(H,27,28)(H,30,34)(H,37,38)/t18-,23-/m1/s1. The molecule has 2 saturated heterocycles. The number of benzene rings is 1. The predicted octanol–water partition coefficient (Wildman–Crippen LogP) is 0.877. The third kappa shape index (κ3) is 4.70. The molecule has 3 amide bonds. The molecule has 41 heavy (non-hydrogen) atoms. The molecule has 3 aliphatic heterocycles. The lowest BCUT2D eigenvalue weighted by molar-refractivity contribution is -0.150. The SMILES string of the molecule is Nc1nc(C(=NO)C(=O)N[C@@H]2C(=O)N3C(C(=O)O)=C(C=C4CCN(Cc5nc6ccccc6[nH]5)C4=O)CS[C@H]23)cs1. The predicted molar refractivity (Wildman–Crippen MR) is 149 cm³/mol. The van der Waals surface area contributed by atoms with Crippen LogP contribution in [0.3, 0.4) is 0 Å². The summed E-state index contributed by atoms with van der Waals surface area (Å²) in [5.41, 5.74) is 7.42. The topological polar surface area (TPSA) is 207 Å². The maximum absolute atomic E-state index is 13.2. The van der Waals surface area contributed by atoms with Crippen LogP contribution in [0, 0.1) is 0 Å². The number of β-lactam (4-membered cyclic amide) rings is 1. The van der Waals surface area contributed by atoms with E-state index in [4.69, 9.17) is 5.73 Å². The van der Waals surface area contributed by atoms with E-state index in [9.17, 15) is 29.5 Å². The molecule has 6 N–H and O–H groups in total. The zero-order valence-electron chi connectivity index (χ0n) is 21.1. The zero-order chi connectivity index (χ0) is 28.8. The van der Waals surface area contributed by atoms with Crippen LogP contribution in [0.5, 0.6) is 0 Å². The third-order valence-electron chi connectivity index (χ3n) is 6.91. The highest BCUT2D eigenvalue weighted by Gasteiger charge is 2.54. The van der Waals surface area contributed by atoms with Gasteiger partial charge >= 0.3 is 5.97 Å². The number of aromatic nitrogens is 3. The van der Waals surface area contributed by atoms with Gasteiger partial charge in [-0.15, -0.1) is 23.1 Å². The molecule has 2 fully saturated rings. The summed E-state index contributed by atoms with van der Waals surface area (Å²) in [4.78, 5) is 65.5. The van der Waals surface area contributed by atoms with Crippen molar-refractivity contribution in [3.8, 4) is 0 Å². The fourth-order valence-electron chi connectivity index (χ4n) is 5.00. The number of aliphatic carboxylic acids is 1. The average molecular weight is 595 g/mol. The molecule has 0 saturated carbocycles. The minimum absolute atomic E-state index is 0.0445. The number of rotatable bonds is 7. The Kier molecular flexibility index (Phi) is 6.70. The van der Waals surface area contributed by atoms with E-state index in [0.29, 0.717) is 29.9 Å². The molecular formula is C25H22N8O6S2. The molecule has 3 aromatic rings. The Labute approximate surface area is 239 Å². The largest absolute Gasteiger partial charge is 0.477 e. The van der Waals surface area contributed by atoms with Crippen molar-refractivity contribution < 1.29 is 29.5 Å². The second-order valence-corrected chi connectivity index (χ2v) is 11.4. The van der Waals surface area contributed by atoms with Gasteiger partial charge in [0, 0.05) is 23.3 Å². The molecule has 3 aliphatic rings. The van der Waals surface area contributed by atoms with Crippen molar-refractivity contribution in [3.63, 3.8) is 0 Å². The van der Waals surface area contributed by atoms with E-state index < -0.39 is 34.9 Å². The number of fused-ring (bicyclic) bond motifs is 2. The number of imidazole rings is 1. The number of para-hydroxylation sites is 2. The quantitative estimate of drug-likeness (QED) is 0.0857. The third-order valence-corrected chi connectivity index (χ3v) is 8.88. The lowest BCUT2D eigenvalue weighted by atomic mass is 10.0. The molecule has 0 spiro atoms. The Morgan fingerprint density at radius 2 is 2.07 bits per heavy atom. The Hall–Kier alpha value is -4.70. The number of aromatic amines is 1. The number of nitrogens with one attached hydrogen (secondary N) is 2. The van der Waals surface area contributed by atoms with Crippen molar-refractivity contribution in [2.45, 2.75) is 24.4 Å². The van der Waals surface area contributed by atoms with E-state index in [1.54, 1.807) is 11.0 Å².